The van der Waals surface area contributed by atoms with E-state index in [1.165, 1.54) is 10.5 Å². The summed E-state index contributed by atoms with van der Waals surface area (Å²) in [5.41, 5.74) is 1.36. The molecule has 1 atom stereocenters. The number of rotatable bonds is 5. The van der Waals surface area contributed by atoms with Crippen LogP contribution in [-0.2, 0) is 14.3 Å². The van der Waals surface area contributed by atoms with Crippen molar-refractivity contribution in [3.05, 3.63) is 28.5 Å². The van der Waals surface area contributed by atoms with E-state index in [9.17, 15) is 4.79 Å². The average Bonchev–Trinajstić information content (AvgIpc) is 3.21. The van der Waals surface area contributed by atoms with E-state index in [2.05, 4.69) is 23.6 Å². The maximum Gasteiger partial charge on any atom is 0.248 e. The van der Waals surface area contributed by atoms with E-state index >= 15 is 0 Å². The van der Waals surface area contributed by atoms with Gasteiger partial charge in [0.2, 0.25) is 5.91 Å². The smallest absolute Gasteiger partial charge is 0.248 e. The topological polar surface area (TPSA) is 38.8 Å². The zero-order chi connectivity index (χ0) is 14.5. The molecule has 1 unspecified atom stereocenters. The van der Waals surface area contributed by atoms with Crippen LogP contribution in [0.5, 0.6) is 0 Å². The molecule has 1 fully saturated rings. The number of hydrogen-bond acceptors (Lipinski definition) is 4. The number of ether oxygens (including phenoxy) is 2. The quantitative estimate of drug-likeness (QED) is 0.838. The van der Waals surface area contributed by atoms with Gasteiger partial charge in [-0.1, -0.05) is 12.1 Å². The molecule has 114 valence electrons. The fourth-order valence-corrected chi connectivity index (χ4v) is 3.50. The van der Waals surface area contributed by atoms with Gasteiger partial charge in [-0.25, -0.2) is 0 Å². The van der Waals surface area contributed by atoms with Crippen LogP contribution in [0.4, 0.5) is 0 Å². The normalized spacial score (nSPS) is 22.4. The van der Waals surface area contributed by atoms with Gasteiger partial charge in [0.1, 0.15) is 6.61 Å². The van der Waals surface area contributed by atoms with Gasteiger partial charge in [-0.05, 0) is 29.9 Å². The lowest BCUT2D eigenvalue weighted by molar-refractivity contribution is -0.136. The fourth-order valence-electron chi connectivity index (χ4n) is 2.70. The largest absolute Gasteiger partial charge is 0.381 e. The Kier molecular flexibility index (Phi) is 5.06. The predicted octanol–water partition coefficient (Wildman–Crippen LogP) is 2.42. The summed E-state index contributed by atoms with van der Waals surface area (Å²) in [7, 11) is 0. The zero-order valence-electron chi connectivity index (χ0n) is 12.1. The van der Waals surface area contributed by atoms with Crippen LogP contribution < -0.4 is 0 Å². The van der Waals surface area contributed by atoms with Crippen molar-refractivity contribution in [3.8, 4) is 0 Å². The summed E-state index contributed by atoms with van der Waals surface area (Å²) < 4.78 is 10.8. The number of thiophene rings is 1. The highest BCUT2D eigenvalue weighted by Crippen LogP contribution is 2.26. The minimum absolute atomic E-state index is 0.0930. The van der Waals surface area contributed by atoms with Crippen molar-refractivity contribution >= 4 is 22.8 Å². The van der Waals surface area contributed by atoms with E-state index in [0.29, 0.717) is 19.1 Å². The summed E-state index contributed by atoms with van der Waals surface area (Å²) in [6.45, 7) is 3.91. The van der Waals surface area contributed by atoms with Gasteiger partial charge in [0, 0.05) is 30.5 Å². The predicted molar refractivity (Wildman–Crippen MR) is 83.2 cm³/mol. The lowest BCUT2D eigenvalue weighted by Gasteiger charge is -2.26. The van der Waals surface area contributed by atoms with Crippen LogP contribution in [0.25, 0.3) is 5.57 Å². The van der Waals surface area contributed by atoms with E-state index in [4.69, 9.17) is 9.47 Å². The van der Waals surface area contributed by atoms with E-state index in [1.807, 2.05) is 4.90 Å². The second-order valence-corrected chi connectivity index (χ2v) is 6.49. The van der Waals surface area contributed by atoms with Gasteiger partial charge in [-0.2, -0.15) is 0 Å². The molecule has 3 rings (SSSR count). The Morgan fingerprint density at radius 2 is 2.48 bits per heavy atom. The molecule has 5 heteroatoms. The first-order valence-electron chi connectivity index (χ1n) is 7.49. The lowest BCUT2D eigenvalue weighted by atomic mass is 10.1. The standard InChI is InChI=1S/C16H21NO3S/c18-16(12-20-11-13-5-8-19-10-13)17-6-3-14(4-7-17)15-2-1-9-21-15/h1-3,9,13H,4-8,10-12H2. The van der Waals surface area contributed by atoms with Crippen molar-refractivity contribution in [2.24, 2.45) is 5.92 Å². The molecule has 0 spiro atoms. The van der Waals surface area contributed by atoms with Gasteiger partial charge in [-0.3, -0.25) is 4.79 Å². The third-order valence-electron chi connectivity index (χ3n) is 4.00. The third-order valence-corrected chi connectivity index (χ3v) is 4.95. The molecule has 0 saturated carbocycles. The molecule has 1 aromatic heterocycles. The van der Waals surface area contributed by atoms with Gasteiger partial charge in [0.15, 0.2) is 0 Å². The minimum atomic E-state index is 0.0930. The minimum Gasteiger partial charge on any atom is -0.381 e. The van der Waals surface area contributed by atoms with Gasteiger partial charge in [-0.15, -0.1) is 11.3 Å². The van der Waals surface area contributed by atoms with Crippen LogP contribution in [0, 0.1) is 5.92 Å². The summed E-state index contributed by atoms with van der Waals surface area (Å²) in [4.78, 5) is 15.3. The van der Waals surface area contributed by atoms with Gasteiger partial charge >= 0.3 is 0 Å². The van der Waals surface area contributed by atoms with E-state index in [-0.39, 0.29) is 12.5 Å². The second kappa shape index (κ2) is 7.20. The van der Waals surface area contributed by atoms with E-state index in [1.54, 1.807) is 11.3 Å². The van der Waals surface area contributed by atoms with Crippen LogP contribution in [0.3, 0.4) is 0 Å². The molecular weight excluding hydrogens is 286 g/mol. The Bertz CT molecular complexity index is 492. The molecule has 3 heterocycles. The molecule has 1 saturated heterocycles. The Morgan fingerprint density at radius 1 is 1.52 bits per heavy atom. The van der Waals surface area contributed by atoms with Crippen molar-refractivity contribution in [2.45, 2.75) is 12.8 Å². The molecule has 0 aliphatic carbocycles. The molecule has 4 nitrogen and oxygen atoms in total. The van der Waals surface area contributed by atoms with Gasteiger partial charge in [0.05, 0.1) is 13.2 Å². The van der Waals surface area contributed by atoms with Crippen LogP contribution in [0.2, 0.25) is 0 Å². The Morgan fingerprint density at radius 3 is 3.14 bits per heavy atom. The molecule has 0 N–H and O–H groups in total. The van der Waals surface area contributed by atoms with Crippen molar-refractivity contribution < 1.29 is 14.3 Å². The number of hydrogen-bond donors (Lipinski definition) is 0. The first-order valence-corrected chi connectivity index (χ1v) is 8.37. The van der Waals surface area contributed by atoms with Crippen LogP contribution in [0.15, 0.2) is 23.6 Å². The van der Waals surface area contributed by atoms with Crippen molar-refractivity contribution in [1.29, 1.82) is 0 Å². The monoisotopic (exact) mass is 307 g/mol. The number of carbonyl (C=O) groups is 1. The molecule has 2 aliphatic heterocycles. The maximum absolute atomic E-state index is 12.1. The van der Waals surface area contributed by atoms with E-state index < -0.39 is 0 Å². The van der Waals surface area contributed by atoms with Crippen LogP contribution in [0.1, 0.15) is 17.7 Å². The lowest BCUT2D eigenvalue weighted by Crippen LogP contribution is -2.37. The molecule has 0 bridgehead atoms. The molecule has 21 heavy (non-hydrogen) atoms. The number of nitrogens with zero attached hydrogens (tertiary/aromatic N) is 1. The van der Waals surface area contributed by atoms with Crippen molar-refractivity contribution in [1.82, 2.24) is 4.90 Å². The fraction of sp³-hybridized carbons (Fsp3) is 0.562. The summed E-state index contributed by atoms with van der Waals surface area (Å²) in [5, 5.41) is 2.09. The highest BCUT2D eigenvalue weighted by atomic mass is 32.1. The maximum atomic E-state index is 12.1. The first kappa shape index (κ1) is 14.8. The van der Waals surface area contributed by atoms with Crippen molar-refractivity contribution in [3.63, 3.8) is 0 Å². The van der Waals surface area contributed by atoms with Crippen LogP contribution >= 0.6 is 11.3 Å². The third kappa shape index (κ3) is 3.93. The van der Waals surface area contributed by atoms with Gasteiger partial charge < -0.3 is 14.4 Å². The molecule has 0 radical (unpaired) electrons. The summed E-state index contributed by atoms with van der Waals surface area (Å²) in [5.74, 6) is 0.555. The Balaban J connectivity index is 1.42. The summed E-state index contributed by atoms with van der Waals surface area (Å²) in [6.07, 6.45) is 4.14. The zero-order valence-corrected chi connectivity index (χ0v) is 12.9. The SMILES string of the molecule is O=C(COCC1CCOC1)N1CC=C(c2cccs2)CC1. The Labute approximate surface area is 129 Å². The number of amides is 1. The second-order valence-electron chi connectivity index (χ2n) is 5.54. The highest BCUT2D eigenvalue weighted by molar-refractivity contribution is 7.11. The number of carbonyl (C=O) groups excluding carboxylic acids is 1. The Hall–Kier alpha value is -1.17. The van der Waals surface area contributed by atoms with E-state index in [0.717, 1.165) is 32.6 Å². The van der Waals surface area contributed by atoms with Crippen molar-refractivity contribution in [2.75, 3.05) is 39.5 Å². The summed E-state index contributed by atoms with van der Waals surface area (Å²) >= 11 is 1.76. The van der Waals surface area contributed by atoms with Gasteiger partial charge in [0.25, 0.3) is 0 Å². The highest BCUT2D eigenvalue weighted by Gasteiger charge is 2.20. The molecule has 2 aliphatic rings. The molecule has 1 aromatic rings. The molecular formula is C16H21NO3S. The molecule has 0 aromatic carbocycles. The van der Waals surface area contributed by atoms with Crippen LogP contribution in [-0.4, -0.2) is 50.3 Å². The summed E-state index contributed by atoms with van der Waals surface area (Å²) in [6, 6.07) is 4.21. The average molecular weight is 307 g/mol. The first-order chi connectivity index (χ1) is 10.3. The molecule has 1 amide bonds.